The van der Waals surface area contributed by atoms with Crippen LogP contribution in [0.5, 0.6) is 5.75 Å². The van der Waals surface area contributed by atoms with E-state index in [9.17, 15) is 9.59 Å². The minimum atomic E-state index is -0.220. The number of nitriles is 1. The predicted molar refractivity (Wildman–Crippen MR) is 115 cm³/mol. The molecule has 2 amide bonds. The lowest BCUT2D eigenvalue weighted by Gasteiger charge is -2.29. The number of benzene rings is 2. The van der Waals surface area contributed by atoms with Gasteiger partial charge in [0.05, 0.1) is 22.2 Å². The summed E-state index contributed by atoms with van der Waals surface area (Å²) >= 11 is 6.23. The van der Waals surface area contributed by atoms with Crippen LogP contribution in [0.3, 0.4) is 0 Å². The van der Waals surface area contributed by atoms with Gasteiger partial charge >= 0.3 is 0 Å². The Labute approximate surface area is 177 Å². The summed E-state index contributed by atoms with van der Waals surface area (Å²) in [7, 11) is 0. The highest BCUT2D eigenvalue weighted by Gasteiger charge is 2.26. The van der Waals surface area contributed by atoms with Crippen molar-refractivity contribution in [2.75, 3.05) is 18.1 Å². The molecule has 0 unspecified atom stereocenters. The molecule has 6 nitrogen and oxygen atoms in total. The summed E-state index contributed by atoms with van der Waals surface area (Å²) in [6, 6.07) is 14.9. The third-order valence-corrected chi connectivity index (χ3v) is 5.74. The Kier molecular flexibility index (Phi) is 5.34. The normalized spacial score (nSPS) is 17.0. The minimum Gasteiger partial charge on any atom is -0.482 e. The second-order valence-corrected chi connectivity index (χ2v) is 8.19. The molecule has 0 atom stereocenters. The number of hydrogen-bond acceptors (Lipinski definition) is 6. The summed E-state index contributed by atoms with van der Waals surface area (Å²) < 4.78 is 5.99. The van der Waals surface area contributed by atoms with Gasteiger partial charge in [0, 0.05) is 6.54 Å². The average Bonchev–Trinajstić information content (AvgIpc) is 3.04. The van der Waals surface area contributed by atoms with E-state index < -0.39 is 0 Å². The standard InChI is InChI=1S/C21H15N3O3S2/c22-11-14-3-1-13(2-4-14)7-8-24-16-9-15(5-6-17(16)27-12-19(24)25)10-18-20(26)23-21(28)29-18/h1-6,9-10H,7-8,12H2,(H,23,26,28)/b18-10-. The van der Waals surface area contributed by atoms with E-state index in [1.807, 2.05) is 24.3 Å². The highest BCUT2D eigenvalue weighted by Crippen LogP contribution is 2.35. The maximum atomic E-state index is 12.5. The monoisotopic (exact) mass is 421 g/mol. The zero-order chi connectivity index (χ0) is 20.4. The van der Waals surface area contributed by atoms with Crippen molar-refractivity contribution >= 4 is 51.9 Å². The molecule has 2 aromatic rings. The number of nitrogens with zero attached hydrogens (tertiary/aromatic N) is 2. The van der Waals surface area contributed by atoms with E-state index in [4.69, 9.17) is 22.2 Å². The zero-order valence-electron chi connectivity index (χ0n) is 15.2. The van der Waals surface area contributed by atoms with Crippen molar-refractivity contribution < 1.29 is 14.3 Å². The fourth-order valence-corrected chi connectivity index (χ4v) is 4.16. The summed E-state index contributed by atoms with van der Waals surface area (Å²) in [5.41, 5.74) is 3.10. The molecule has 1 fully saturated rings. The predicted octanol–water partition coefficient (Wildman–Crippen LogP) is 3.02. The maximum Gasteiger partial charge on any atom is 0.265 e. The number of rotatable bonds is 4. The van der Waals surface area contributed by atoms with Gasteiger partial charge < -0.3 is 15.0 Å². The van der Waals surface area contributed by atoms with Crippen molar-refractivity contribution in [1.82, 2.24) is 5.32 Å². The third kappa shape index (κ3) is 4.16. The van der Waals surface area contributed by atoms with Crippen LogP contribution >= 0.6 is 24.0 Å². The van der Waals surface area contributed by atoms with Crippen molar-refractivity contribution in [1.29, 1.82) is 5.26 Å². The number of thioether (sulfide) groups is 1. The van der Waals surface area contributed by atoms with Gasteiger partial charge in [0.25, 0.3) is 11.8 Å². The van der Waals surface area contributed by atoms with Gasteiger partial charge in [0.15, 0.2) is 6.61 Å². The van der Waals surface area contributed by atoms with Crippen molar-refractivity contribution in [3.05, 3.63) is 64.1 Å². The number of fused-ring (bicyclic) bond motifs is 1. The highest BCUT2D eigenvalue weighted by molar-refractivity contribution is 8.26. The molecule has 1 saturated heterocycles. The number of nitrogens with one attached hydrogen (secondary N) is 1. The summed E-state index contributed by atoms with van der Waals surface area (Å²) in [5.74, 6) is 0.290. The molecule has 0 radical (unpaired) electrons. The van der Waals surface area contributed by atoms with Crippen LogP contribution in [0.15, 0.2) is 47.4 Å². The first kappa shape index (κ1) is 19.2. The van der Waals surface area contributed by atoms with E-state index in [1.165, 1.54) is 11.8 Å². The molecule has 0 saturated carbocycles. The summed E-state index contributed by atoms with van der Waals surface area (Å²) in [5, 5.41) is 11.5. The molecule has 0 spiro atoms. The molecular weight excluding hydrogens is 406 g/mol. The van der Waals surface area contributed by atoms with Crippen molar-refractivity contribution in [2.24, 2.45) is 0 Å². The lowest BCUT2D eigenvalue weighted by atomic mass is 10.1. The molecule has 1 N–H and O–H groups in total. The Hall–Kier alpha value is -3.15. The highest BCUT2D eigenvalue weighted by atomic mass is 32.2. The largest absolute Gasteiger partial charge is 0.482 e. The van der Waals surface area contributed by atoms with Gasteiger partial charge in [0.1, 0.15) is 10.1 Å². The van der Waals surface area contributed by atoms with Gasteiger partial charge in [-0.3, -0.25) is 9.59 Å². The summed E-state index contributed by atoms with van der Waals surface area (Å²) in [6.45, 7) is 0.480. The first-order valence-corrected chi connectivity index (χ1v) is 10.1. The average molecular weight is 422 g/mol. The molecule has 4 rings (SSSR count). The van der Waals surface area contributed by atoms with Crippen LogP contribution in [0, 0.1) is 11.3 Å². The van der Waals surface area contributed by atoms with Crippen LogP contribution < -0.4 is 15.0 Å². The van der Waals surface area contributed by atoms with Crippen molar-refractivity contribution in [2.45, 2.75) is 6.42 Å². The topological polar surface area (TPSA) is 82.4 Å². The first-order valence-electron chi connectivity index (χ1n) is 8.84. The van der Waals surface area contributed by atoms with Crippen molar-refractivity contribution in [3.8, 4) is 11.8 Å². The van der Waals surface area contributed by atoms with E-state index in [0.29, 0.717) is 39.2 Å². The van der Waals surface area contributed by atoms with E-state index >= 15 is 0 Å². The molecule has 0 bridgehead atoms. The number of ether oxygens (including phenoxy) is 1. The molecule has 2 heterocycles. The SMILES string of the molecule is N#Cc1ccc(CCN2C(=O)COc3ccc(/C=C4\SC(=S)NC4=O)cc32)cc1. The Balaban J connectivity index is 1.57. The Morgan fingerprint density at radius 3 is 2.72 bits per heavy atom. The Morgan fingerprint density at radius 2 is 2.03 bits per heavy atom. The van der Waals surface area contributed by atoms with Gasteiger partial charge in [-0.25, -0.2) is 0 Å². The van der Waals surface area contributed by atoms with E-state index in [2.05, 4.69) is 11.4 Å². The Bertz CT molecular complexity index is 1090. The van der Waals surface area contributed by atoms with E-state index in [0.717, 1.165) is 11.1 Å². The van der Waals surface area contributed by atoms with Gasteiger partial charge in [-0.2, -0.15) is 5.26 Å². The quantitative estimate of drug-likeness (QED) is 0.604. The van der Waals surface area contributed by atoms with Crippen LogP contribution in [0.1, 0.15) is 16.7 Å². The van der Waals surface area contributed by atoms with Gasteiger partial charge in [0.2, 0.25) is 0 Å². The second kappa shape index (κ2) is 8.07. The second-order valence-electron chi connectivity index (χ2n) is 6.47. The fourth-order valence-electron chi connectivity index (χ4n) is 3.11. The van der Waals surface area contributed by atoms with Crippen LogP contribution in [0.4, 0.5) is 5.69 Å². The number of anilines is 1. The fraction of sp³-hybridized carbons (Fsp3) is 0.143. The summed E-state index contributed by atoms with van der Waals surface area (Å²) in [6.07, 6.45) is 2.40. The molecule has 2 aromatic carbocycles. The molecule has 144 valence electrons. The number of thiocarbonyl (C=S) groups is 1. The smallest absolute Gasteiger partial charge is 0.265 e. The van der Waals surface area contributed by atoms with E-state index in [1.54, 1.807) is 29.2 Å². The molecule has 0 aliphatic carbocycles. The van der Waals surface area contributed by atoms with Crippen LogP contribution in [0.2, 0.25) is 0 Å². The lowest BCUT2D eigenvalue weighted by Crippen LogP contribution is -2.40. The molecule has 8 heteroatoms. The number of carbonyl (C=O) groups excluding carboxylic acids is 2. The number of hydrogen-bond donors (Lipinski definition) is 1. The van der Waals surface area contributed by atoms with Gasteiger partial charge in [-0.1, -0.05) is 42.2 Å². The molecular formula is C21H15N3O3S2. The molecule has 2 aliphatic heterocycles. The van der Waals surface area contributed by atoms with Crippen molar-refractivity contribution in [3.63, 3.8) is 0 Å². The van der Waals surface area contributed by atoms with Crippen LogP contribution in [-0.2, 0) is 16.0 Å². The summed E-state index contributed by atoms with van der Waals surface area (Å²) in [4.78, 5) is 26.6. The first-order chi connectivity index (χ1) is 14.0. The number of amides is 2. The molecule has 29 heavy (non-hydrogen) atoms. The van der Waals surface area contributed by atoms with Gasteiger partial charge in [-0.05, 0) is 47.9 Å². The lowest BCUT2D eigenvalue weighted by molar-refractivity contribution is -0.121. The number of carbonyl (C=O) groups is 2. The third-order valence-electron chi connectivity index (χ3n) is 4.57. The van der Waals surface area contributed by atoms with E-state index in [-0.39, 0.29) is 18.4 Å². The van der Waals surface area contributed by atoms with Crippen LogP contribution in [-0.4, -0.2) is 29.3 Å². The Morgan fingerprint density at radius 1 is 1.24 bits per heavy atom. The maximum absolute atomic E-state index is 12.5. The molecule has 0 aromatic heterocycles. The zero-order valence-corrected chi connectivity index (χ0v) is 16.8. The van der Waals surface area contributed by atoms with Crippen LogP contribution in [0.25, 0.3) is 6.08 Å². The van der Waals surface area contributed by atoms with Gasteiger partial charge in [-0.15, -0.1) is 0 Å². The molecule has 2 aliphatic rings. The minimum absolute atomic E-state index is 0.00661.